The Kier molecular flexibility index (Phi) is 7.24. The van der Waals surface area contributed by atoms with Crippen LogP contribution in [0.3, 0.4) is 0 Å². The van der Waals surface area contributed by atoms with Crippen LogP contribution < -0.4 is 0 Å². The van der Waals surface area contributed by atoms with Gasteiger partial charge in [0.1, 0.15) is 4.84 Å². The molecule has 0 amide bonds. The van der Waals surface area contributed by atoms with Crippen molar-refractivity contribution in [2.75, 3.05) is 7.11 Å². The Hall–Kier alpha value is -1.33. The van der Waals surface area contributed by atoms with Crippen molar-refractivity contribution in [2.45, 2.75) is 4.84 Å². The first-order chi connectivity index (χ1) is 7.54. The normalized spacial score (nSPS) is 9.00. The lowest BCUT2D eigenvalue weighted by molar-refractivity contribution is -0.385. The second-order valence-corrected chi connectivity index (χ2v) is 3.54. The highest BCUT2D eigenvalue weighted by atomic mass is 35.5. The molecule has 0 atom stereocenters. The van der Waals surface area contributed by atoms with E-state index in [1.165, 1.54) is 19.2 Å². The summed E-state index contributed by atoms with van der Waals surface area (Å²) in [6.07, 6.45) is 0. The van der Waals surface area contributed by atoms with Crippen LogP contribution in [0.25, 0.3) is 0 Å². The number of hydrogen-bond acceptors (Lipinski definition) is 4. The molecule has 16 heavy (non-hydrogen) atoms. The number of hydrogen-bond donors (Lipinski definition) is 0. The van der Waals surface area contributed by atoms with Crippen molar-refractivity contribution in [1.29, 1.82) is 0 Å². The number of alkyl halides is 2. The van der Waals surface area contributed by atoms with E-state index in [0.29, 0.717) is 12.0 Å². The summed E-state index contributed by atoms with van der Waals surface area (Å²) in [4.78, 5) is 18.0. The number of para-hydroxylation sites is 1. The van der Waals surface area contributed by atoms with Gasteiger partial charge in [0.15, 0.2) is 0 Å². The highest BCUT2D eigenvalue weighted by Gasteiger charge is 2.16. The maximum absolute atomic E-state index is 10.4. The van der Waals surface area contributed by atoms with E-state index in [2.05, 4.69) is 4.74 Å². The van der Waals surface area contributed by atoms with Crippen LogP contribution in [-0.4, -0.2) is 18.5 Å². The maximum atomic E-state index is 10.4. The van der Waals surface area contributed by atoms with Crippen molar-refractivity contribution in [3.63, 3.8) is 0 Å². The molecule has 0 aromatic heterocycles. The molecule has 0 unspecified atom stereocenters. The number of nitrogens with zero attached hydrogens (tertiary/aromatic N) is 1. The van der Waals surface area contributed by atoms with Crippen LogP contribution in [0.5, 0.6) is 0 Å². The van der Waals surface area contributed by atoms with E-state index in [0.717, 1.165) is 0 Å². The van der Waals surface area contributed by atoms with Crippen molar-refractivity contribution >= 4 is 35.4 Å². The van der Waals surface area contributed by atoms with Crippen LogP contribution in [-0.2, 0) is 9.53 Å². The van der Waals surface area contributed by atoms with E-state index in [1.54, 1.807) is 12.1 Å². The molecule has 7 heteroatoms. The molecule has 0 aliphatic carbocycles. The first-order valence-corrected chi connectivity index (χ1v) is 4.89. The van der Waals surface area contributed by atoms with Gasteiger partial charge in [0, 0.05) is 6.07 Å². The average molecular weight is 266 g/mol. The quantitative estimate of drug-likeness (QED) is 0.365. The molecule has 0 N–H and O–H groups in total. The van der Waals surface area contributed by atoms with Gasteiger partial charge in [0.2, 0.25) is 0 Å². The predicted octanol–water partition coefficient (Wildman–Crippen LogP) is 2.86. The first-order valence-electron chi connectivity index (χ1n) is 4.02. The van der Waals surface area contributed by atoms with Crippen LogP contribution >= 0.6 is 23.2 Å². The largest absolute Gasteiger partial charge is 0.471 e. The molecule has 1 aromatic rings. The monoisotopic (exact) mass is 265 g/mol. The lowest BCUT2D eigenvalue weighted by atomic mass is 10.2. The third kappa shape index (κ3) is 4.95. The summed E-state index contributed by atoms with van der Waals surface area (Å²) < 4.78 is 3.86. The van der Waals surface area contributed by atoms with Crippen LogP contribution in [0.1, 0.15) is 10.4 Å². The van der Waals surface area contributed by atoms with Gasteiger partial charge < -0.3 is 4.74 Å². The van der Waals surface area contributed by atoms with E-state index in [-0.39, 0.29) is 5.69 Å². The number of rotatable bonds is 3. The van der Waals surface area contributed by atoms with Crippen molar-refractivity contribution in [3.05, 3.63) is 39.9 Å². The fourth-order valence-corrected chi connectivity index (χ4v) is 1.21. The van der Waals surface area contributed by atoms with Gasteiger partial charge in [-0.25, -0.2) is 0 Å². The number of carbonyl (C=O) groups is 1. The minimum absolute atomic E-state index is 0.0486. The predicted molar refractivity (Wildman–Crippen MR) is 60.6 cm³/mol. The van der Waals surface area contributed by atoms with Crippen molar-refractivity contribution in [3.8, 4) is 0 Å². The summed E-state index contributed by atoms with van der Waals surface area (Å²) >= 11 is 11.0. The summed E-state index contributed by atoms with van der Waals surface area (Å²) in [7, 11) is 1.31. The molecule has 0 aliphatic heterocycles. The highest BCUT2D eigenvalue weighted by Crippen LogP contribution is 2.31. The number of halogens is 2. The minimum Gasteiger partial charge on any atom is -0.471 e. The van der Waals surface area contributed by atoms with Gasteiger partial charge in [-0.15, -0.1) is 0 Å². The van der Waals surface area contributed by atoms with Gasteiger partial charge in [-0.05, 0) is 6.07 Å². The molecule has 0 aliphatic rings. The van der Waals surface area contributed by atoms with E-state index in [4.69, 9.17) is 28.0 Å². The topological polar surface area (TPSA) is 69.4 Å². The van der Waals surface area contributed by atoms with Crippen LogP contribution in [0.4, 0.5) is 5.69 Å². The third-order valence-electron chi connectivity index (χ3n) is 1.46. The second-order valence-electron chi connectivity index (χ2n) is 2.45. The Morgan fingerprint density at radius 1 is 1.44 bits per heavy atom. The number of nitro benzene ring substituents is 1. The summed E-state index contributed by atoms with van der Waals surface area (Å²) in [5.41, 5.74) is 0.276. The Labute approximate surface area is 102 Å². The minimum atomic E-state index is -0.855. The van der Waals surface area contributed by atoms with Gasteiger partial charge >= 0.3 is 0 Å². The summed E-state index contributed by atoms with van der Waals surface area (Å²) in [5, 5.41) is 10.4. The Morgan fingerprint density at radius 2 is 1.94 bits per heavy atom. The van der Waals surface area contributed by atoms with E-state index in [9.17, 15) is 10.1 Å². The summed E-state index contributed by atoms with van der Waals surface area (Å²) in [6, 6.07) is 6.12. The Bertz CT molecular complexity index is 357. The molecule has 0 heterocycles. The summed E-state index contributed by atoms with van der Waals surface area (Å²) in [6.45, 7) is 0.375. The Morgan fingerprint density at radius 3 is 2.25 bits per heavy atom. The lowest BCUT2D eigenvalue weighted by Gasteiger charge is -2.01. The fraction of sp³-hybridized carbons (Fsp3) is 0.222. The molecule has 0 fully saturated rings. The second kappa shape index (κ2) is 7.90. The zero-order valence-electron chi connectivity index (χ0n) is 8.30. The standard InChI is InChI=1S/C7H5Cl2NO2.C2H4O2/c8-7(9)5-3-1-2-4-6(5)10(11)12;1-4-2-3/h1-4,7H;2H,1H3. The molecular weight excluding hydrogens is 257 g/mol. The fourth-order valence-electron chi connectivity index (χ4n) is 0.838. The SMILES string of the molecule is COC=O.O=[N+]([O-])c1ccccc1C(Cl)Cl. The molecule has 0 saturated carbocycles. The van der Waals surface area contributed by atoms with Crippen molar-refractivity contribution < 1.29 is 14.5 Å². The third-order valence-corrected chi connectivity index (χ3v) is 1.93. The number of carbonyl (C=O) groups excluding carboxylic acids is 1. The number of nitro groups is 1. The van der Waals surface area contributed by atoms with Gasteiger partial charge in [-0.3, -0.25) is 14.9 Å². The number of ether oxygens (including phenoxy) is 1. The Balaban J connectivity index is 0.000000487. The van der Waals surface area contributed by atoms with Gasteiger partial charge in [0.25, 0.3) is 12.2 Å². The summed E-state index contributed by atoms with van der Waals surface area (Å²) in [5.74, 6) is 0. The highest BCUT2D eigenvalue weighted by molar-refractivity contribution is 6.44. The van der Waals surface area contributed by atoms with Crippen molar-refractivity contribution in [1.82, 2.24) is 0 Å². The van der Waals surface area contributed by atoms with Crippen LogP contribution in [0, 0.1) is 10.1 Å². The molecule has 5 nitrogen and oxygen atoms in total. The van der Waals surface area contributed by atoms with Gasteiger partial charge in [-0.1, -0.05) is 35.3 Å². The lowest BCUT2D eigenvalue weighted by Crippen LogP contribution is -1.93. The van der Waals surface area contributed by atoms with Crippen molar-refractivity contribution in [2.24, 2.45) is 0 Å². The van der Waals surface area contributed by atoms with E-state index in [1.807, 2.05) is 0 Å². The number of methoxy groups -OCH3 is 1. The molecule has 0 spiro atoms. The first kappa shape index (κ1) is 14.7. The maximum Gasteiger partial charge on any atom is 0.292 e. The molecule has 0 saturated heterocycles. The number of benzene rings is 1. The zero-order valence-corrected chi connectivity index (χ0v) is 9.81. The zero-order chi connectivity index (χ0) is 12.6. The van der Waals surface area contributed by atoms with E-state index >= 15 is 0 Å². The van der Waals surface area contributed by atoms with Gasteiger partial charge in [-0.2, -0.15) is 0 Å². The van der Waals surface area contributed by atoms with E-state index < -0.39 is 9.76 Å². The molecule has 88 valence electrons. The van der Waals surface area contributed by atoms with Crippen LogP contribution in [0.15, 0.2) is 24.3 Å². The molecule has 0 radical (unpaired) electrons. The average Bonchev–Trinajstić information content (AvgIpc) is 2.29. The molecule has 1 aromatic carbocycles. The molecule has 0 bridgehead atoms. The molecular formula is C9H9Cl2NO4. The van der Waals surface area contributed by atoms with Gasteiger partial charge in [0.05, 0.1) is 17.6 Å². The molecule has 1 rings (SSSR count). The smallest absolute Gasteiger partial charge is 0.292 e. The van der Waals surface area contributed by atoms with Crippen LogP contribution in [0.2, 0.25) is 0 Å².